The van der Waals surface area contributed by atoms with Crippen LogP contribution in [0, 0.1) is 0 Å². The topological polar surface area (TPSA) is 94.6 Å². The lowest BCUT2D eigenvalue weighted by Crippen LogP contribution is -2.22. The second kappa shape index (κ2) is 10.6. The van der Waals surface area contributed by atoms with Crippen LogP contribution in [0.1, 0.15) is 48.9 Å². The van der Waals surface area contributed by atoms with E-state index in [0.29, 0.717) is 23.5 Å². The normalized spacial score (nSPS) is 11.5. The Bertz CT molecular complexity index is 1270. The molecule has 0 aliphatic heterocycles. The Morgan fingerprint density at radius 1 is 0.800 bits per heavy atom. The molecule has 0 atom stereocenters. The Hall–Kier alpha value is -3.84. The second-order valence-corrected chi connectivity index (χ2v) is 9.10. The van der Waals surface area contributed by atoms with Crippen molar-refractivity contribution < 1.29 is 15.3 Å². The maximum absolute atomic E-state index is 10.5. The van der Waals surface area contributed by atoms with E-state index in [1.54, 1.807) is 10.6 Å². The largest absolute Gasteiger partial charge is 0.508 e. The lowest BCUT2D eigenvalue weighted by molar-refractivity contribution is 0.271. The van der Waals surface area contributed by atoms with Crippen LogP contribution in [-0.2, 0) is 19.6 Å². The summed E-state index contributed by atoms with van der Waals surface area (Å²) in [6.07, 6.45) is 0. The van der Waals surface area contributed by atoms with Crippen molar-refractivity contribution >= 4 is 0 Å². The third kappa shape index (κ3) is 5.63. The maximum atomic E-state index is 10.5. The molecule has 0 radical (unpaired) electrons. The number of phenolic OH excluding ortho intramolecular Hbond substituents is 2. The number of nitrogens with zero attached hydrogens (tertiary/aromatic N) is 4. The van der Waals surface area contributed by atoms with E-state index in [1.165, 1.54) is 17.2 Å². The van der Waals surface area contributed by atoms with Crippen molar-refractivity contribution in [1.29, 1.82) is 0 Å². The van der Waals surface area contributed by atoms with Crippen LogP contribution in [0.15, 0.2) is 66.7 Å². The molecule has 4 aromatic rings. The molecule has 1 heterocycles. The quantitative estimate of drug-likeness (QED) is 0.308. The van der Waals surface area contributed by atoms with Gasteiger partial charge in [-0.1, -0.05) is 80.5 Å². The first kappa shape index (κ1) is 24.3. The van der Waals surface area contributed by atoms with Gasteiger partial charge in [0.15, 0.2) is 5.82 Å². The average Bonchev–Trinajstić information content (AvgIpc) is 3.20. The first-order chi connectivity index (χ1) is 16.9. The monoisotopic (exact) mass is 472 g/mol. The summed E-state index contributed by atoms with van der Waals surface area (Å²) < 4.78 is 1.55. The number of benzene rings is 3. The van der Waals surface area contributed by atoms with Crippen LogP contribution in [0.5, 0.6) is 17.5 Å². The molecular formula is C28H32N4O3. The summed E-state index contributed by atoms with van der Waals surface area (Å²) in [5.74, 6) is 0.303. The molecule has 0 aliphatic carbocycles. The van der Waals surface area contributed by atoms with Gasteiger partial charge >= 0.3 is 6.01 Å². The lowest BCUT2D eigenvalue weighted by Gasteiger charge is -2.21. The Morgan fingerprint density at radius 3 is 2.06 bits per heavy atom. The van der Waals surface area contributed by atoms with Gasteiger partial charge in [-0.25, -0.2) is 0 Å². The zero-order valence-electron chi connectivity index (χ0n) is 20.4. The fourth-order valence-corrected chi connectivity index (χ4v) is 4.19. The summed E-state index contributed by atoms with van der Waals surface area (Å²) >= 11 is 0. The molecule has 7 heteroatoms. The average molecular weight is 473 g/mol. The molecule has 1 aromatic heterocycles. The van der Waals surface area contributed by atoms with Gasteiger partial charge in [-0.3, -0.25) is 9.47 Å². The standard InChI is InChI=1S/C28H32N4O3/c1-4-31(16-20-8-6-5-7-9-20)17-21-10-12-22(13-11-21)18-32-27(29-30-28(32)35)24-14-23(19(2)3)25(33)15-26(24)34/h5-15,19,33-34H,4,16-18H2,1-3H3,(H,30,35). The highest BCUT2D eigenvalue weighted by atomic mass is 16.3. The smallest absolute Gasteiger partial charge is 0.315 e. The van der Waals surface area contributed by atoms with E-state index in [2.05, 4.69) is 58.4 Å². The van der Waals surface area contributed by atoms with Gasteiger partial charge in [0.1, 0.15) is 11.5 Å². The number of rotatable bonds is 9. The highest BCUT2D eigenvalue weighted by Gasteiger charge is 2.20. The number of hydrogen-bond acceptors (Lipinski definition) is 6. The molecule has 7 nitrogen and oxygen atoms in total. The maximum Gasteiger partial charge on any atom is 0.315 e. The van der Waals surface area contributed by atoms with E-state index in [4.69, 9.17) is 0 Å². The molecule has 35 heavy (non-hydrogen) atoms. The summed E-state index contributed by atoms with van der Waals surface area (Å²) in [7, 11) is 0. The number of aromatic nitrogens is 3. The lowest BCUT2D eigenvalue weighted by atomic mass is 9.98. The first-order valence-electron chi connectivity index (χ1n) is 11.9. The highest BCUT2D eigenvalue weighted by molar-refractivity contribution is 5.68. The predicted molar refractivity (Wildman–Crippen MR) is 136 cm³/mol. The van der Waals surface area contributed by atoms with Crippen LogP contribution in [0.4, 0.5) is 0 Å². The highest BCUT2D eigenvalue weighted by Crippen LogP contribution is 2.38. The van der Waals surface area contributed by atoms with Crippen molar-refractivity contribution in [3.8, 4) is 28.9 Å². The zero-order chi connectivity index (χ0) is 24.9. The minimum atomic E-state index is -0.234. The van der Waals surface area contributed by atoms with Crippen LogP contribution in [0.25, 0.3) is 11.4 Å². The fourth-order valence-electron chi connectivity index (χ4n) is 4.19. The van der Waals surface area contributed by atoms with Gasteiger partial charge in [0, 0.05) is 19.2 Å². The van der Waals surface area contributed by atoms with Gasteiger partial charge in [-0.05, 0) is 40.8 Å². The molecule has 0 saturated carbocycles. The van der Waals surface area contributed by atoms with Crippen molar-refractivity contribution in [3.05, 3.63) is 89.0 Å². The van der Waals surface area contributed by atoms with E-state index in [0.717, 1.165) is 25.2 Å². The molecule has 0 bridgehead atoms. The molecule has 0 fully saturated rings. The summed E-state index contributed by atoms with van der Waals surface area (Å²) in [4.78, 5) is 2.38. The fraction of sp³-hybridized carbons (Fsp3) is 0.286. The summed E-state index contributed by atoms with van der Waals surface area (Å²) in [5, 5.41) is 38.9. The Balaban J connectivity index is 1.52. The molecule has 3 N–H and O–H groups in total. The Morgan fingerprint density at radius 2 is 1.43 bits per heavy atom. The van der Waals surface area contributed by atoms with Crippen molar-refractivity contribution in [1.82, 2.24) is 19.7 Å². The number of aromatic hydroxyl groups is 3. The minimum absolute atomic E-state index is 0.0283. The predicted octanol–water partition coefficient (Wildman–Crippen LogP) is 5.26. The van der Waals surface area contributed by atoms with Gasteiger partial charge in [-0.2, -0.15) is 0 Å². The number of phenols is 2. The molecule has 3 aromatic carbocycles. The third-order valence-electron chi connectivity index (χ3n) is 6.21. The Labute approximate surface area is 205 Å². The van der Waals surface area contributed by atoms with Gasteiger partial charge in [-0.15, -0.1) is 5.10 Å². The molecule has 0 saturated heterocycles. The van der Waals surface area contributed by atoms with E-state index in [9.17, 15) is 15.3 Å². The van der Waals surface area contributed by atoms with Crippen molar-refractivity contribution in [2.24, 2.45) is 0 Å². The molecule has 182 valence electrons. The van der Waals surface area contributed by atoms with Gasteiger partial charge in [0.05, 0.1) is 12.1 Å². The third-order valence-corrected chi connectivity index (χ3v) is 6.21. The molecule has 4 rings (SSSR count). The van der Waals surface area contributed by atoms with Crippen molar-refractivity contribution in [2.45, 2.75) is 46.3 Å². The van der Waals surface area contributed by atoms with E-state index < -0.39 is 0 Å². The SMILES string of the molecule is CCN(Cc1ccccc1)Cc1ccc(Cn2c(O)nnc2-c2cc(C(C)C)c(O)cc2O)cc1. The Kier molecular flexibility index (Phi) is 7.36. The van der Waals surface area contributed by atoms with Gasteiger partial charge in [0.2, 0.25) is 0 Å². The first-order valence-corrected chi connectivity index (χ1v) is 11.9. The molecule has 0 unspecified atom stereocenters. The van der Waals surface area contributed by atoms with E-state index >= 15 is 0 Å². The number of hydrogen-bond donors (Lipinski definition) is 3. The second-order valence-electron chi connectivity index (χ2n) is 9.10. The molecule has 0 spiro atoms. The van der Waals surface area contributed by atoms with Crippen LogP contribution in [-0.4, -0.2) is 41.5 Å². The van der Waals surface area contributed by atoms with Crippen LogP contribution < -0.4 is 0 Å². The molecular weight excluding hydrogens is 440 g/mol. The summed E-state index contributed by atoms with van der Waals surface area (Å²) in [5.41, 5.74) is 4.57. The van der Waals surface area contributed by atoms with E-state index in [-0.39, 0.29) is 23.4 Å². The minimum Gasteiger partial charge on any atom is -0.508 e. The summed E-state index contributed by atoms with van der Waals surface area (Å²) in [6.45, 7) is 9.10. The zero-order valence-corrected chi connectivity index (χ0v) is 20.4. The molecule has 0 aliphatic rings. The van der Waals surface area contributed by atoms with Gasteiger partial charge < -0.3 is 15.3 Å². The van der Waals surface area contributed by atoms with Gasteiger partial charge in [0.25, 0.3) is 0 Å². The van der Waals surface area contributed by atoms with Crippen LogP contribution in [0.2, 0.25) is 0 Å². The van der Waals surface area contributed by atoms with Crippen LogP contribution >= 0.6 is 0 Å². The van der Waals surface area contributed by atoms with Crippen molar-refractivity contribution in [2.75, 3.05) is 6.54 Å². The van der Waals surface area contributed by atoms with Crippen molar-refractivity contribution in [3.63, 3.8) is 0 Å². The van der Waals surface area contributed by atoms with E-state index in [1.807, 2.05) is 32.0 Å². The summed E-state index contributed by atoms with van der Waals surface area (Å²) in [6, 6.07) is 21.5. The van der Waals surface area contributed by atoms with Crippen LogP contribution in [0.3, 0.4) is 0 Å². The molecule has 0 amide bonds.